The van der Waals surface area contributed by atoms with E-state index in [-0.39, 0.29) is 6.09 Å². The number of hydrogen-bond acceptors (Lipinski definition) is 3. The van der Waals surface area contributed by atoms with Gasteiger partial charge in [-0.3, -0.25) is 0 Å². The van der Waals surface area contributed by atoms with Crippen LogP contribution in [0.2, 0.25) is 0 Å². The van der Waals surface area contributed by atoms with Gasteiger partial charge in [0.2, 0.25) is 0 Å². The van der Waals surface area contributed by atoms with Gasteiger partial charge >= 0.3 is 6.09 Å². The van der Waals surface area contributed by atoms with E-state index in [0.717, 1.165) is 25.9 Å². The van der Waals surface area contributed by atoms with Crippen molar-refractivity contribution in [3.05, 3.63) is 0 Å². The Hall–Kier alpha value is -0.770. The Balaban J connectivity index is 2.24. The Kier molecular flexibility index (Phi) is 4.88. The van der Waals surface area contributed by atoms with Crippen molar-refractivity contribution in [1.29, 1.82) is 0 Å². The molecular formula is C11H21NO3. The van der Waals surface area contributed by atoms with Crippen molar-refractivity contribution in [2.75, 3.05) is 26.8 Å². The van der Waals surface area contributed by atoms with Gasteiger partial charge in [-0.1, -0.05) is 13.8 Å². The summed E-state index contributed by atoms with van der Waals surface area (Å²) in [5.41, 5.74) is 0. The van der Waals surface area contributed by atoms with Crippen LogP contribution in [0.3, 0.4) is 0 Å². The van der Waals surface area contributed by atoms with Crippen LogP contribution in [0, 0.1) is 5.92 Å². The molecule has 0 aromatic rings. The molecule has 15 heavy (non-hydrogen) atoms. The summed E-state index contributed by atoms with van der Waals surface area (Å²) in [6, 6.07) is 0. The largest absolute Gasteiger partial charge is 0.449 e. The van der Waals surface area contributed by atoms with Gasteiger partial charge in [0.15, 0.2) is 0 Å². The monoisotopic (exact) mass is 215 g/mol. The fourth-order valence-corrected chi connectivity index (χ4v) is 1.60. The molecule has 1 rings (SSSR count). The first-order chi connectivity index (χ1) is 7.13. The Morgan fingerprint density at radius 2 is 2.00 bits per heavy atom. The first kappa shape index (κ1) is 12.3. The lowest BCUT2D eigenvalue weighted by molar-refractivity contribution is 0.0310. The summed E-state index contributed by atoms with van der Waals surface area (Å²) in [6.07, 6.45) is 1.94. The van der Waals surface area contributed by atoms with E-state index in [0.29, 0.717) is 18.6 Å². The fourth-order valence-electron chi connectivity index (χ4n) is 1.60. The molecule has 0 N–H and O–H groups in total. The quantitative estimate of drug-likeness (QED) is 0.721. The number of piperidine rings is 1. The first-order valence-corrected chi connectivity index (χ1v) is 5.58. The first-order valence-electron chi connectivity index (χ1n) is 5.58. The van der Waals surface area contributed by atoms with Crippen LogP contribution >= 0.6 is 0 Å². The predicted octanol–water partition coefficient (Wildman–Crippen LogP) is 1.89. The van der Waals surface area contributed by atoms with Crippen LogP contribution in [0.25, 0.3) is 0 Å². The second-order valence-corrected chi connectivity index (χ2v) is 4.39. The Bertz CT molecular complexity index is 198. The third kappa shape index (κ3) is 4.08. The van der Waals surface area contributed by atoms with E-state index in [2.05, 4.69) is 0 Å². The zero-order valence-corrected chi connectivity index (χ0v) is 9.86. The van der Waals surface area contributed by atoms with Crippen molar-refractivity contribution in [1.82, 2.24) is 4.90 Å². The van der Waals surface area contributed by atoms with Gasteiger partial charge in [-0.2, -0.15) is 0 Å². The van der Waals surface area contributed by atoms with Crippen LogP contribution in [-0.4, -0.2) is 43.9 Å². The van der Waals surface area contributed by atoms with E-state index >= 15 is 0 Å². The van der Waals surface area contributed by atoms with Gasteiger partial charge in [0.1, 0.15) is 0 Å². The van der Waals surface area contributed by atoms with Gasteiger partial charge in [0, 0.05) is 20.2 Å². The maximum absolute atomic E-state index is 11.6. The average molecular weight is 215 g/mol. The molecular weight excluding hydrogens is 194 g/mol. The average Bonchev–Trinajstić information content (AvgIpc) is 2.26. The summed E-state index contributed by atoms with van der Waals surface area (Å²) >= 11 is 0. The molecule has 1 heterocycles. The minimum Gasteiger partial charge on any atom is -0.449 e. The minimum atomic E-state index is -0.182. The molecule has 1 saturated heterocycles. The van der Waals surface area contributed by atoms with E-state index in [1.165, 1.54) is 0 Å². The van der Waals surface area contributed by atoms with Crippen molar-refractivity contribution in [2.24, 2.45) is 5.92 Å². The molecule has 88 valence electrons. The Labute approximate surface area is 91.5 Å². The number of nitrogens with zero attached hydrogens (tertiary/aromatic N) is 1. The highest BCUT2D eigenvalue weighted by atomic mass is 16.6. The van der Waals surface area contributed by atoms with E-state index in [1.54, 1.807) is 12.0 Å². The lowest BCUT2D eigenvalue weighted by Crippen LogP contribution is -2.41. The molecule has 4 nitrogen and oxygen atoms in total. The summed E-state index contributed by atoms with van der Waals surface area (Å²) in [7, 11) is 1.72. The molecule has 1 aliphatic rings. The third-order valence-electron chi connectivity index (χ3n) is 2.57. The maximum Gasteiger partial charge on any atom is 0.409 e. The number of carbonyl (C=O) groups excluding carboxylic acids is 1. The summed E-state index contributed by atoms with van der Waals surface area (Å²) in [4.78, 5) is 13.3. The SMILES string of the molecule is COC1CCN(C(=O)OCC(C)C)CC1. The topological polar surface area (TPSA) is 38.8 Å². The third-order valence-corrected chi connectivity index (χ3v) is 2.57. The lowest BCUT2D eigenvalue weighted by Gasteiger charge is -2.30. The minimum absolute atomic E-state index is 0.182. The van der Waals surface area contributed by atoms with Crippen LogP contribution < -0.4 is 0 Å². The van der Waals surface area contributed by atoms with Gasteiger partial charge in [-0.15, -0.1) is 0 Å². The van der Waals surface area contributed by atoms with Crippen LogP contribution in [0.4, 0.5) is 4.79 Å². The Morgan fingerprint density at radius 3 is 2.47 bits per heavy atom. The highest BCUT2D eigenvalue weighted by Crippen LogP contribution is 2.13. The normalized spacial score (nSPS) is 18.3. The second kappa shape index (κ2) is 5.95. The number of methoxy groups -OCH3 is 1. The molecule has 0 atom stereocenters. The highest BCUT2D eigenvalue weighted by Gasteiger charge is 2.23. The number of likely N-dealkylation sites (tertiary alicyclic amines) is 1. The van der Waals surface area contributed by atoms with Crippen LogP contribution in [0.5, 0.6) is 0 Å². The number of hydrogen-bond donors (Lipinski definition) is 0. The van der Waals surface area contributed by atoms with Crippen molar-refractivity contribution in [3.8, 4) is 0 Å². The lowest BCUT2D eigenvalue weighted by atomic mass is 10.1. The fraction of sp³-hybridized carbons (Fsp3) is 0.909. The van der Waals surface area contributed by atoms with Crippen molar-refractivity contribution in [2.45, 2.75) is 32.8 Å². The van der Waals surface area contributed by atoms with Crippen LogP contribution in [0.1, 0.15) is 26.7 Å². The molecule has 1 aliphatic heterocycles. The van der Waals surface area contributed by atoms with Gasteiger partial charge in [0.05, 0.1) is 12.7 Å². The second-order valence-electron chi connectivity index (χ2n) is 4.39. The Morgan fingerprint density at radius 1 is 1.40 bits per heavy atom. The molecule has 0 aromatic heterocycles. The maximum atomic E-state index is 11.6. The molecule has 0 saturated carbocycles. The van der Waals surface area contributed by atoms with E-state index in [9.17, 15) is 4.79 Å². The van der Waals surface area contributed by atoms with Gasteiger partial charge < -0.3 is 14.4 Å². The molecule has 0 aliphatic carbocycles. The zero-order valence-electron chi connectivity index (χ0n) is 9.86. The molecule has 4 heteroatoms. The number of ether oxygens (including phenoxy) is 2. The van der Waals surface area contributed by atoms with Crippen molar-refractivity contribution >= 4 is 6.09 Å². The van der Waals surface area contributed by atoms with E-state index in [1.807, 2.05) is 13.8 Å². The predicted molar refractivity (Wildman–Crippen MR) is 57.8 cm³/mol. The van der Waals surface area contributed by atoms with Crippen molar-refractivity contribution in [3.63, 3.8) is 0 Å². The number of amides is 1. The summed E-state index contributed by atoms with van der Waals surface area (Å²) in [5.74, 6) is 0.394. The highest BCUT2D eigenvalue weighted by molar-refractivity contribution is 5.67. The van der Waals surface area contributed by atoms with Crippen molar-refractivity contribution < 1.29 is 14.3 Å². The summed E-state index contributed by atoms with van der Waals surface area (Å²) < 4.78 is 10.4. The van der Waals surface area contributed by atoms with Gasteiger partial charge in [-0.25, -0.2) is 4.79 Å². The van der Waals surface area contributed by atoms with Gasteiger partial charge in [0.25, 0.3) is 0 Å². The van der Waals surface area contributed by atoms with Crippen LogP contribution in [-0.2, 0) is 9.47 Å². The molecule has 0 spiro atoms. The zero-order chi connectivity index (χ0) is 11.3. The number of rotatable bonds is 3. The number of carbonyl (C=O) groups is 1. The standard InChI is InChI=1S/C11H21NO3/c1-9(2)8-15-11(13)12-6-4-10(14-3)5-7-12/h9-10H,4-8H2,1-3H3. The van der Waals surface area contributed by atoms with Gasteiger partial charge in [-0.05, 0) is 18.8 Å². The smallest absolute Gasteiger partial charge is 0.409 e. The molecule has 0 bridgehead atoms. The molecule has 0 aromatic carbocycles. The molecule has 1 fully saturated rings. The summed E-state index contributed by atoms with van der Waals surface area (Å²) in [5, 5.41) is 0. The molecule has 0 unspecified atom stereocenters. The molecule has 0 radical (unpaired) electrons. The molecule has 1 amide bonds. The summed E-state index contributed by atoms with van der Waals surface area (Å²) in [6.45, 7) is 6.06. The van der Waals surface area contributed by atoms with E-state index in [4.69, 9.17) is 9.47 Å². The van der Waals surface area contributed by atoms with E-state index < -0.39 is 0 Å². The van der Waals surface area contributed by atoms with Crippen LogP contribution in [0.15, 0.2) is 0 Å².